The first-order valence-corrected chi connectivity index (χ1v) is 21.2. The number of allylic oxidation sites excluding steroid dienone is 1. The molecule has 0 aliphatic rings. The number of para-hydroxylation sites is 2. The summed E-state index contributed by atoms with van der Waals surface area (Å²) in [4.78, 5) is 10.5. The Bertz CT molecular complexity index is 3460. The number of hydrogen-bond donors (Lipinski definition) is 1. The normalized spacial score (nSPS) is 11.7. The molecule has 0 saturated heterocycles. The van der Waals surface area contributed by atoms with Crippen LogP contribution < -0.4 is 0 Å². The lowest BCUT2D eigenvalue weighted by atomic mass is 9.90. The van der Waals surface area contributed by atoms with Gasteiger partial charge in [0, 0.05) is 33.2 Å². The van der Waals surface area contributed by atoms with Gasteiger partial charge in [0.2, 0.25) is 0 Å². The molecule has 0 aliphatic carbocycles. The Morgan fingerprint density at radius 2 is 0.952 bits per heavy atom. The van der Waals surface area contributed by atoms with Crippen LogP contribution in [0.25, 0.3) is 88.9 Å². The minimum Gasteiger partial charge on any atom is -0.309 e. The Hall–Kier alpha value is -8.47. The van der Waals surface area contributed by atoms with Crippen LogP contribution in [0.1, 0.15) is 16.7 Å². The van der Waals surface area contributed by atoms with E-state index < -0.39 is 0 Å². The Morgan fingerprint density at radius 1 is 0.397 bits per heavy atom. The zero-order valence-electron chi connectivity index (χ0n) is 34.4. The summed E-state index contributed by atoms with van der Waals surface area (Å²) in [6, 6.07) is 80.3. The van der Waals surface area contributed by atoms with Gasteiger partial charge in [0.15, 0.2) is 5.82 Å². The van der Waals surface area contributed by atoms with Crippen molar-refractivity contribution in [2.24, 2.45) is 0 Å². The van der Waals surface area contributed by atoms with E-state index >= 15 is 0 Å². The molecule has 0 unspecified atom stereocenters. The van der Waals surface area contributed by atoms with Gasteiger partial charge in [-0.25, -0.2) is 9.97 Å². The van der Waals surface area contributed by atoms with Gasteiger partial charge in [0.25, 0.3) is 0 Å². The van der Waals surface area contributed by atoms with Crippen molar-refractivity contribution in [3.63, 3.8) is 0 Å². The van der Waals surface area contributed by atoms with Crippen molar-refractivity contribution < 1.29 is 0 Å². The van der Waals surface area contributed by atoms with Gasteiger partial charge in [-0.2, -0.15) is 0 Å². The molecule has 0 fully saturated rings. The highest BCUT2D eigenvalue weighted by Gasteiger charge is 2.16. The third kappa shape index (κ3) is 7.20. The van der Waals surface area contributed by atoms with E-state index in [9.17, 15) is 0 Å². The van der Waals surface area contributed by atoms with E-state index in [-0.39, 0.29) is 0 Å². The van der Waals surface area contributed by atoms with Gasteiger partial charge < -0.3 is 9.98 Å². The van der Waals surface area contributed by atoms with Gasteiger partial charge in [-0.05, 0) is 92.7 Å². The molecule has 0 saturated carbocycles. The van der Waals surface area contributed by atoms with Crippen molar-refractivity contribution in [1.82, 2.24) is 14.5 Å². The van der Waals surface area contributed by atoms with Crippen molar-refractivity contribution >= 4 is 43.9 Å². The predicted molar refractivity (Wildman–Crippen MR) is 262 cm³/mol. The fraction of sp³-hybridized carbons (Fsp3) is 0. The first-order chi connectivity index (χ1) is 31.1. The van der Waals surface area contributed by atoms with Crippen LogP contribution in [0.4, 0.5) is 0 Å². The molecule has 296 valence electrons. The maximum atomic E-state index is 9.10. The maximum Gasteiger partial charge on any atom is 0.160 e. The summed E-state index contributed by atoms with van der Waals surface area (Å²) in [6.45, 7) is 0. The van der Waals surface area contributed by atoms with Crippen LogP contribution in [0.5, 0.6) is 0 Å². The molecule has 4 nitrogen and oxygen atoms in total. The molecule has 11 aromatic rings. The lowest BCUT2D eigenvalue weighted by molar-refractivity contribution is 1.16. The lowest BCUT2D eigenvalue weighted by Crippen LogP contribution is -1.98. The number of rotatable bonds is 9. The van der Waals surface area contributed by atoms with E-state index in [0.29, 0.717) is 11.5 Å². The van der Waals surface area contributed by atoms with Crippen LogP contribution in [0, 0.1) is 5.41 Å². The van der Waals surface area contributed by atoms with E-state index in [1.54, 1.807) is 0 Å². The summed E-state index contributed by atoms with van der Waals surface area (Å²) in [5.74, 6) is 0.658. The smallest absolute Gasteiger partial charge is 0.160 e. The van der Waals surface area contributed by atoms with Crippen LogP contribution >= 0.6 is 0 Å². The Kier molecular flexibility index (Phi) is 9.64. The second-order valence-corrected chi connectivity index (χ2v) is 15.8. The van der Waals surface area contributed by atoms with E-state index in [4.69, 9.17) is 15.4 Å². The number of hydrogen-bond acceptors (Lipinski definition) is 3. The Morgan fingerprint density at radius 3 is 1.68 bits per heavy atom. The van der Waals surface area contributed by atoms with Gasteiger partial charge in [-0.3, -0.25) is 0 Å². The van der Waals surface area contributed by atoms with Crippen molar-refractivity contribution in [1.29, 1.82) is 5.41 Å². The van der Waals surface area contributed by atoms with E-state index in [1.807, 2.05) is 48.5 Å². The molecule has 0 radical (unpaired) electrons. The standard InChI is InChI=1S/C59H40N4/c60-54(42-19-6-2-7-20-42)38-53(40-17-4-1-5-18-40)49-30-16-23-41-33-34-45(37-52(41)49)44-24-14-26-47(35-44)59-61-55(43-21-8-3-9-22-43)39-56(62-59)46-25-15-27-48(36-46)63-57-31-12-10-28-50(57)51-29-11-13-32-58(51)63/h1-39,60H/b53-38-,60-54?. The predicted octanol–water partition coefficient (Wildman–Crippen LogP) is 14.9. The molecule has 2 aromatic heterocycles. The summed E-state index contributed by atoms with van der Waals surface area (Å²) < 4.78 is 2.35. The largest absolute Gasteiger partial charge is 0.309 e. The van der Waals surface area contributed by atoms with Gasteiger partial charge in [-0.15, -0.1) is 0 Å². The average molecular weight is 805 g/mol. The van der Waals surface area contributed by atoms with Crippen LogP contribution in [-0.2, 0) is 0 Å². The summed E-state index contributed by atoms with van der Waals surface area (Å²) in [6.07, 6.45) is 2.00. The number of nitrogens with one attached hydrogen (secondary N) is 1. The summed E-state index contributed by atoms with van der Waals surface area (Å²) in [7, 11) is 0. The summed E-state index contributed by atoms with van der Waals surface area (Å²) in [5.41, 5.74) is 14.7. The molecule has 0 atom stereocenters. The summed E-state index contributed by atoms with van der Waals surface area (Å²) in [5, 5.41) is 13.8. The van der Waals surface area contributed by atoms with Crippen molar-refractivity contribution in [2.45, 2.75) is 0 Å². The van der Waals surface area contributed by atoms with Gasteiger partial charge in [0.05, 0.1) is 28.1 Å². The van der Waals surface area contributed by atoms with Crippen LogP contribution in [0.2, 0.25) is 0 Å². The highest BCUT2D eigenvalue weighted by Crippen LogP contribution is 2.37. The monoisotopic (exact) mass is 804 g/mol. The molecular formula is C59H40N4. The molecule has 11 rings (SSSR count). The van der Waals surface area contributed by atoms with Gasteiger partial charge in [-0.1, -0.05) is 188 Å². The van der Waals surface area contributed by atoms with Crippen LogP contribution in [-0.4, -0.2) is 20.2 Å². The van der Waals surface area contributed by atoms with Crippen molar-refractivity contribution in [3.05, 3.63) is 253 Å². The van der Waals surface area contributed by atoms with Gasteiger partial charge in [0.1, 0.15) is 0 Å². The SMILES string of the molecule is N=C(/C=C(/c1ccccc1)c1cccc2ccc(-c3cccc(-c4nc(-c5ccccc5)cc(-c5cccc(-n6c7ccccc7c7ccccc76)c5)n4)c3)cc12)c1ccccc1. The molecule has 4 heteroatoms. The quantitative estimate of drug-likeness (QED) is 0.148. The zero-order chi connectivity index (χ0) is 42.1. The number of fused-ring (bicyclic) bond motifs is 4. The Balaban J connectivity index is 1.02. The van der Waals surface area contributed by atoms with E-state index in [1.165, 1.54) is 21.8 Å². The topological polar surface area (TPSA) is 54.6 Å². The number of aromatic nitrogens is 3. The molecule has 0 amide bonds. The first-order valence-electron chi connectivity index (χ1n) is 21.2. The second kappa shape index (κ2) is 16.2. The highest BCUT2D eigenvalue weighted by molar-refractivity contribution is 6.14. The molecule has 1 N–H and O–H groups in total. The van der Waals surface area contributed by atoms with Crippen LogP contribution in [0.3, 0.4) is 0 Å². The number of benzene rings is 9. The molecule has 0 aliphatic heterocycles. The molecular weight excluding hydrogens is 765 g/mol. The molecule has 0 spiro atoms. The lowest BCUT2D eigenvalue weighted by Gasteiger charge is -2.15. The maximum absolute atomic E-state index is 9.10. The zero-order valence-corrected chi connectivity index (χ0v) is 34.4. The molecule has 2 heterocycles. The molecule has 0 bridgehead atoms. The first kappa shape index (κ1) is 37.5. The van der Waals surface area contributed by atoms with E-state index in [0.717, 1.165) is 77.9 Å². The highest BCUT2D eigenvalue weighted by atomic mass is 15.0. The van der Waals surface area contributed by atoms with Crippen LogP contribution in [0.15, 0.2) is 237 Å². The minimum atomic E-state index is 0.464. The summed E-state index contributed by atoms with van der Waals surface area (Å²) >= 11 is 0. The fourth-order valence-corrected chi connectivity index (χ4v) is 8.79. The van der Waals surface area contributed by atoms with Gasteiger partial charge >= 0.3 is 0 Å². The second-order valence-electron chi connectivity index (χ2n) is 15.8. The minimum absolute atomic E-state index is 0.464. The number of nitrogens with zero attached hydrogens (tertiary/aromatic N) is 3. The fourth-order valence-electron chi connectivity index (χ4n) is 8.79. The molecule has 63 heavy (non-hydrogen) atoms. The third-order valence-electron chi connectivity index (χ3n) is 11.9. The third-order valence-corrected chi connectivity index (χ3v) is 11.9. The van der Waals surface area contributed by atoms with Crippen molar-refractivity contribution in [3.8, 4) is 50.7 Å². The molecule has 9 aromatic carbocycles. The Labute approximate surface area is 366 Å². The van der Waals surface area contributed by atoms with E-state index in [2.05, 4.69) is 193 Å². The average Bonchev–Trinajstić information content (AvgIpc) is 3.70. The van der Waals surface area contributed by atoms with Crippen molar-refractivity contribution in [2.75, 3.05) is 0 Å².